The molecule has 0 aliphatic carbocycles. The number of amides is 2. The lowest BCUT2D eigenvalue weighted by molar-refractivity contribution is -0.862. The summed E-state index contributed by atoms with van der Waals surface area (Å²) in [6, 6.07) is 0. The number of thiophene rings is 1. The summed E-state index contributed by atoms with van der Waals surface area (Å²) in [4.78, 5) is 37.6. The Labute approximate surface area is 171 Å². The number of anilines is 1. The van der Waals surface area contributed by atoms with E-state index in [4.69, 9.17) is 4.74 Å². The quantitative estimate of drug-likeness (QED) is 0.536. The van der Waals surface area contributed by atoms with Gasteiger partial charge < -0.3 is 20.3 Å². The molecule has 3 N–H and O–H groups in total. The average Bonchev–Trinajstić information content (AvgIpc) is 2.86. The molecule has 2 amide bonds. The van der Waals surface area contributed by atoms with Gasteiger partial charge in [-0.1, -0.05) is 13.8 Å². The topological polar surface area (TPSA) is 88.9 Å². The van der Waals surface area contributed by atoms with Crippen LogP contribution in [-0.4, -0.2) is 50.1 Å². The van der Waals surface area contributed by atoms with Crippen LogP contribution < -0.4 is 15.5 Å². The van der Waals surface area contributed by atoms with E-state index in [0.29, 0.717) is 16.5 Å². The maximum atomic E-state index is 12.4. The Balaban J connectivity index is 2.78. The third-order valence-corrected chi connectivity index (χ3v) is 4.61. The van der Waals surface area contributed by atoms with E-state index in [2.05, 4.69) is 24.5 Å². The second-order valence-corrected chi connectivity index (χ2v) is 9.32. The average molecular weight is 413 g/mol. The first-order valence-corrected chi connectivity index (χ1v) is 10.5. The predicted molar refractivity (Wildman–Crippen MR) is 112 cm³/mol. The molecule has 1 heterocycles. The number of esters is 1. The van der Waals surface area contributed by atoms with Crippen LogP contribution in [0.25, 0.3) is 0 Å². The van der Waals surface area contributed by atoms with E-state index in [0.717, 1.165) is 16.9 Å². The number of carbonyl (C=O) groups excluding carboxylic acids is 3. The van der Waals surface area contributed by atoms with Crippen LogP contribution in [0.1, 0.15) is 57.5 Å². The minimum absolute atomic E-state index is 0.111. The first-order valence-electron chi connectivity index (χ1n) is 9.62. The highest BCUT2D eigenvalue weighted by atomic mass is 32.1. The number of carbonyl (C=O) groups is 3. The smallest absolute Gasteiger partial charge is 0.341 e. The summed E-state index contributed by atoms with van der Waals surface area (Å²) in [7, 11) is 1.78. The molecule has 28 heavy (non-hydrogen) atoms. The number of rotatable bonds is 9. The van der Waals surface area contributed by atoms with Gasteiger partial charge in [0.05, 0.1) is 19.2 Å². The number of likely N-dealkylation sites (N-methyl/N-ethyl adjacent to an activating group) is 1. The highest BCUT2D eigenvalue weighted by Gasteiger charge is 2.24. The van der Waals surface area contributed by atoms with Crippen LogP contribution in [-0.2, 0) is 20.7 Å². The lowest BCUT2D eigenvalue weighted by Gasteiger charge is -2.21. The van der Waals surface area contributed by atoms with Crippen LogP contribution in [0.4, 0.5) is 5.00 Å². The lowest BCUT2D eigenvalue weighted by atomic mass is 10.0. The second kappa shape index (κ2) is 10.6. The fraction of sp³-hybridized carbons (Fsp3) is 0.650. The Morgan fingerprint density at radius 1 is 1.18 bits per heavy atom. The van der Waals surface area contributed by atoms with E-state index < -0.39 is 5.97 Å². The molecule has 1 aromatic heterocycles. The maximum absolute atomic E-state index is 12.4. The van der Waals surface area contributed by atoms with E-state index >= 15 is 0 Å². The van der Waals surface area contributed by atoms with E-state index in [-0.39, 0.29) is 37.0 Å². The molecule has 0 aliphatic heterocycles. The Morgan fingerprint density at radius 3 is 2.32 bits per heavy atom. The largest absolute Gasteiger partial charge is 0.462 e. The van der Waals surface area contributed by atoms with Crippen molar-refractivity contribution >= 4 is 34.1 Å². The third kappa shape index (κ3) is 8.39. The summed E-state index contributed by atoms with van der Waals surface area (Å²) < 4.78 is 5.17. The van der Waals surface area contributed by atoms with Gasteiger partial charge in [0.15, 0.2) is 13.1 Å². The fourth-order valence-corrected chi connectivity index (χ4v) is 3.73. The first-order chi connectivity index (χ1) is 12.9. The lowest BCUT2D eigenvalue weighted by Crippen LogP contribution is -3.11. The van der Waals surface area contributed by atoms with Crippen LogP contribution in [0.15, 0.2) is 5.38 Å². The standard InChI is InChI=1S/C20H33N3O4S/c1-8-27-19(26)17-14(9-13(2)3)12-28-18(17)21-15(24)10-23(7)11-16(25)22-20(4,5)6/h12-13H,8-11H2,1-7H3,(H,21,24)(H,22,25)/p+1. The molecule has 1 atom stereocenters. The van der Waals surface area contributed by atoms with Gasteiger partial charge in [0.25, 0.3) is 11.8 Å². The monoisotopic (exact) mass is 412 g/mol. The van der Waals surface area contributed by atoms with Crippen molar-refractivity contribution in [2.75, 3.05) is 32.1 Å². The van der Waals surface area contributed by atoms with Crippen molar-refractivity contribution in [3.8, 4) is 0 Å². The van der Waals surface area contributed by atoms with Gasteiger partial charge in [0.2, 0.25) is 0 Å². The van der Waals surface area contributed by atoms with Crippen LogP contribution >= 0.6 is 11.3 Å². The molecule has 0 saturated carbocycles. The molecule has 0 spiro atoms. The molecule has 158 valence electrons. The van der Waals surface area contributed by atoms with E-state index in [1.54, 1.807) is 14.0 Å². The van der Waals surface area contributed by atoms with Crippen LogP contribution in [0.3, 0.4) is 0 Å². The van der Waals surface area contributed by atoms with Crippen molar-refractivity contribution in [3.05, 3.63) is 16.5 Å². The molecule has 0 saturated heterocycles. The van der Waals surface area contributed by atoms with E-state index in [1.165, 1.54) is 11.3 Å². The van der Waals surface area contributed by atoms with Gasteiger partial charge in [-0.05, 0) is 51.0 Å². The van der Waals surface area contributed by atoms with Gasteiger partial charge in [-0.25, -0.2) is 4.79 Å². The Hall–Kier alpha value is -1.93. The molecule has 1 unspecified atom stereocenters. The molecule has 8 heteroatoms. The summed E-state index contributed by atoms with van der Waals surface area (Å²) in [6.45, 7) is 12.2. The molecule has 1 rings (SSSR count). The normalized spacial score (nSPS) is 12.6. The number of hydrogen-bond acceptors (Lipinski definition) is 5. The summed E-state index contributed by atoms with van der Waals surface area (Å²) in [5.74, 6) is -0.395. The number of ether oxygens (including phenoxy) is 1. The van der Waals surface area contributed by atoms with Crippen molar-refractivity contribution in [2.24, 2.45) is 5.92 Å². The maximum Gasteiger partial charge on any atom is 0.341 e. The second-order valence-electron chi connectivity index (χ2n) is 8.44. The summed E-state index contributed by atoms with van der Waals surface area (Å²) >= 11 is 1.33. The highest BCUT2D eigenvalue weighted by molar-refractivity contribution is 7.15. The zero-order valence-corrected chi connectivity index (χ0v) is 18.8. The third-order valence-electron chi connectivity index (χ3n) is 3.67. The number of nitrogens with one attached hydrogen (secondary N) is 3. The molecule has 7 nitrogen and oxygen atoms in total. The first kappa shape index (κ1) is 24.1. The van der Waals surface area contributed by atoms with E-state index in [9.17, 15) is 14.4 Å². The molecule has 1 aromatic rings. The summed E-state index contributed by atoms with van der Waals surface area (Å²) in [6.07, 6.45) is 0.735. The minimum Gasteiger partial charge on any atom is -0.462 e. The molecule has 0 fully saturated rings. The zero-order valence-electron chi connectivity index (χ0n) is 18.0. The molecular weight excluding hydrogens is 378 g/mol. The Morgan fingerprint density at radius 2 is 1.79 bits per heavy atom. The number of hydrogen-bond donors (Lipinski definition) is 3. The minimum atomic E-state index is -0.417. The summed E-state index contributed by atoms with van der Waals surface area (Å²) in [5, 5.41) is 8.11. The van der Waals surface area contributed by atoms with Crippen LogP contribution in [0.5, 0.6) is 0 Å². The van der Waals surface area contributed by atoms with Crippen LogP contribution in [0.2, 0.25) is 0 Å². The van der Waals surface area contributed by atoms with Crippen molar-refractivity contribution in [1.82, 2.24) is 5.32 Å². The molecule has 0 bridgehead atoms. The molecule has 0 aromatic carbocycles. The van der Waals surface area contributed by atoms with Gasteiger partial charge in [-0.3, -0.25) is 9.59 Å². The van der Waals surface area contributed by atoms with Crippen molar-refractivity contribution in [1.29, 1.82) is 0 Å². The summed E-state index contributed by atoms with van der Waals surface area (Å²) in [5.41, 5.74) is 1.02. The van der Waals surface area contributed by atoms with Crippen molar-refractivity contribution in [3.63, 3.8) is 0 Å². The van der Waals surface area contributed by atoms with Crippen molar-refractivity contribution < 1.29 is 24.0 Å². The predicted octanol–water partition coefficient (Wildman–Crippen LogP) is 1.49. The highest BCUT2D eigenvalue weighted by Crippen LogP contribution is 2.30. The van der Waals surface area contributed by atoms with Gasteiger partial charge in [-0.2, -0.15) is 0 Å². The fourth-order valence-electron chi connectivity index (χ4n) is 2.75. The molecule has 0 aliphatic rings. The Bertz CT molecular complexity index is 692. The number of quaternary nitrogens is 1. The van der Waals surface area contributed by atoms with Gasteiger partial charge >= 0.3 is 5.97 Å². The molecule has 0 radical (unpaired) electrons. The SMILES string of the molecule is CCOC(=O)c1c(CC(C)C)csc1NC(=O)C[NH+](C)CC(=O)NC(C)(C)C. The molecular formula is C20H34N3O4S+. The zero-order chi connectivity index (χ0) is 21.5. The van der Waals surface area contributed by atoms with Gasteiger partial charge in [-0.15, -0.1) is 11.3 Å². The van der Waals surface area contributed by atoms with Gasteiger partial charge in [0, 0.05) is 5.54 Å². The van der Waals surface area contributed by atoms with Crippen LogP contribution in [0, 0.1) is 5.92 Å². The van der Waals surface area contributed by atoms with E-state index in [1.807, 2.05) is 26.2 Å². The van der Waals surface area contributed by atoms with Gasteiger partial charge in [0.1, 0.15) is 5.00 Å². The Kier molecular flexibility index (Phi) is 9.10. The van der Waals surface area contributed by atoms with Crippen molar-refractivity contribution in [2.45, 2.75) is 53.5 Å².